The summed E-state index contributed by atoms with van der Waals surface area (Å²) in [6.07, 6.45) is 0. The van der Waals surface area contributed by atoms with Gasteiger partial charge < -0.3 is 5.32 Å². The molecule has 0 bridgehead atoms. The van der Waals surface area contributed by atoms with Crippen molar-refractivity contribution in [2.24, 2.45) is 0 Å². The minimum atomic E-state index is -0.00603. The van der Waals surface area contributed by atoms with Crippen molar-refractivity contribution < 1.29 is 4.79 Å². The highest BCUT2D eigenvalue weighted by molar-refractivity contribution is 7.97. The number of nitrogens with one attached hydrogen (secondary N) is 1. The zero-order valence-electron chi connectivity index (χ0n) is 12.5. The summed E-state index contributed by atoms with van der Waals surface area (Å²) < 4.78 is 0. The summed E-state index contributed by atoms with van der Waals surface area (Å²) in [5.74, 6) is 1.96. The Balaban J connectivity index is 1.84. The van der Waals surface area contributed by atoms with E-state index in [4.69, 9.17) is 0 Å². The first kappa shape index (κ1) is 15.6. The normalized spacial score (nSPS) is 10.6. The van der Waals surface area contributed by atoms with Crippen LogP contribution in [0.2, 0.25) is 0 Å². The lowest BCUT2D eigenvalue weighted by molar-refractivity contribution is 0.0943. The Labute approximate surface area is 131 Å². The zero-order chi connectivity index (χ0) is 15.1. The van der Waals surface area contributed by atoms with Gasteiger partial charge in [-0.2, -0.15) is 11.8 Å². The first-order valence-corrected chi connectivity index (χ1v) is 8.32. The molecular formula is C18H21NOS. The molecule has 2 rings (SSSR count). The van der Waals surface area contributed by atoms with E-state index in [9.17, 15) is 4.79 Å². The molecule has 0 radical (unpaired) electrons. The van der Waals surface area contributed by atoms with E-state index in [1.165, 1.54) is 11.1 Å². The SMILES string of the molecule is CC(C)NC(=O)c1ccc(CSCc2ccccc2)cc1. The van der Waals surface area contributed by atoms with Gasteiger partial charge in [-0.05, 0) is 37.1 Å². The van der Waals surface area contributed by atoms with E-state index in [2.05, 4.69) is 29.6 Å². The summed E-state index contributed by atoms with van der Waals surface area (Å²) in [6, 6.07) is 18.5. The van der Waals surface area contributed by atoms with Crippen molar-refractivity contribution in [1.29, 1.82) is 0 Å². The van der Waals surface area contributed by atoms with Crippen molar-refractivity contribution in [2.75, 3.05) is 0 Å². The van der Waals surface area contributed by atoms with E-state index < -0.39 is 0 Å². The number of benzene rings is 2. The maximum atomic E-state index is 11.8. The molecule has 2 aromatic carbocycles. The summed E-state index contributed by atoms with van der Waals surface area (Å²) in [5, 5.41) is 2.90. The average molecular weight is 299 g/mol. The summed E-state index contributed by atoms with van der Waals surface area (Å²) >= 11 is 1.88. The molecule has 2 nitrogen and oxygen atoms in total. The summed E-state index contributed by atoms with van der Waals surface area (Å²) in [4.78, 5) is 11.8. The third-order valence-corrected chi connectivity index (χ3v) is 4.09. The maximum Gasteiger partial charge on any atom is 0.251 e. The summed E-state index contributed by atoms with van der Waals surface area (Å²) in [5.41, 5.74) is 3.31. The van der Waals surface area contributed by atoms with Gasteiger partial charge in [0.1, 0.15) is 0 Å². The van der Waals surface area contributed by atoms with Crippen LogP contribution in [0.4, 0.5) is 0 Å². The van der Waals surface area contributed by atoms with Gasteiger partial charge in [0.25, 0.3) is 5.91 Å². The van der Waals surface area contributed by atoms with Gasteiger partial charge in [-0.15, -0.1) is 0 Å². The monoisotopic (exact) mass is 299 g/mol. The molecule has 2 aromatic rings. The van der Waals surface area contributed by atoms with E-state index in [-0.39, 0.29) is 11.9 Å². The summed E-state index contributed by atoms with van der Waals surface area (Å²) in [7, 11) is 0. The average Bonchev–Trinajstić information content (AvgIpc) is 2.48. The predicted molar refractivity (Wildman–Crippen MR) is 90.5 cm³/mol. The van der Waals surface area contributed by atoms with Crippen LogP contribution in [0.3, 0.4) is 0 Å². The van der Waals surface area contributed by atoms with E-state index in [0.717, 1.165) is 17.1 Å². The Hall–Kier alpha value is -1.74. The molecule has 0 aliphatic carbocycles. The van der Waals surface area contributed by atoms with E-state index in [1.807, 2.05) is 55.9 Å². The topological polar surface area (TPSA) is 29.1 Å². The maximum absolute atomic E-state index is 11.8. The van der Waals surface area contributed by atoms with Crippen LogP contribution in [-0.4, -0.2) is 11.9 Å². The van der Waals surface area contributed by atoms with Crippen molar-refractivity contribution >= 4 is 17.7 Å². The van der Waals surface area contributed by atoms with Gasteiger partial charge in [0.2, 0.25) is 0 Å². The number of carbonyl (C=O) groups excluding carboxylic acids is 1. The second-order valence-corrected chi connectivity index (χ2v) is 6.29. The zero-order valence-corrected chi connectivity index (χ0v) is 13.3. The van der Waals surface area contributed by atoms with Crippen LogP contribution in [0, 0.1) is 0 Å². The Morgan fingerprint density at radius 2 is 1.52 bits per heavy atom. The van der Waals surface area contributed by atoms with Crippen molar-refractivity contribution in [3.8, 4) is 0 Å². The van der Waals surface area contributed by atoms with Crippen LogP contribution in [0.25, 0.3) is 0 Å². The first-order valence-electron chi connectivity index (χ1n) is 7.16. The van der Waals surface area contributed by atoms with E-state index in [0.29, 0.717) is 0 Å². The van der Waals surface area contributed by atoms with Crippen LogP contribution < -0.4 is 5.32 Å². The molecule has 0 heterocycles. The lowest BCUT2D eigenvalue weighted by Crippen LogP contribution is -2.29. The minimum absolute atomic E-state index is 0.00603. The molecule has 0 saturated heterocycles. The van der Waals surface area contributed by atoms with Crippen molar-refractivity contribution in [2.45, 2.75) is 31.4 Å². The molecule has 0 unspecified atom stereocenters. The lowest BCUT2D eigenvalue weighted by Gasteiger charge is -2.09. The third-order valence-electron chi connectivity index (χ3n) is 3.02. The molecule has 0 saturated carbocycles. The fourth-order valence-corrected chi connectivity index (χ4v) is 2.92. The molecule has 1 amide bonds. The molecule has 0 atom stereocenters. The molecule has 110 valence electrons. The van der Waals surface area contributed by atoms with Crippen molar-refractivity contribution in [1.82, 2.24) is 5.32 Å². The Morgan fingerprint density at radius 1 is 0.952 bits per heavy atom. The second-order valence-electron chi connectivity index (χ2n) is 5.30. The predicted octanol–water partition coefficient (Wildman–Crippen LogP) is 4.26. The molecule has 0 aliphatic heterocycles. The van der Waals surface area contributed by atoms with Gasteiger partial charge in [-0.25, -0.2) is 0 Å². The van der Waals surface area contributed by atoms with Crippen LogP contribution >= 0.6 is 11.8 Å². The molecule has 0 spiro atoms. The van der Waals surface area contributed by atoms with Gasteiger partial charge in [-0.3, -0.25) is 4.79 Å². The number of rotatable bonds is 6. The summed E-state index contributed by atoms with van der Waals surface area (Å²) in [6.45, 7) is 3.93. The highest BCUT2D eigenvalue weighted by Crippen LogP contribution is 2.18. The number of thioether (sulfide) groups is 1. The first-order chi connectivity index (χ1) is 10.1. The Morgan fingerprint density at radius 3 is 2.10 bits per heavy atom. The largest absolute Gasteiger partial charge is 0.350 e. The van der Waals surface area contributed by atoms with Crippen LogP contribution in [-0.2, 0) is 11.5 Å². The van der Waals surface area contributed by atoms with Crippen molar-refractivity contribution in [3.05, 3.63) is 71.3 Å². The quantitative estimate of drug-likeness (QED) is 0.863. The molecule has 3 heteroatoms. The van der Waals surface area contributed by atoms with Gasteiger partial charge in [-0.1, -0.05) is 42.5 Å². The van der Waals surface area contributed by atoms with Crippen LogP contribution in [0.15, 0.2) is 54.6 Å². The van der Waals surface area contributed by atoms with E-state index in [1.54, 1.807) is 0 Å². The smallest absolute Gasteiger partial charge is 0.251 e. The number of amides is 1. The van der Waals surface area contributed by atoms with Crippen molar-refractivity contribution in [3.63, 3.8) is 0 Å². The molecular weight excluding hydrogens is 278 g/mol. The van der Waals surface area contributed by atoms with Gasteiger partial charge >= 0.3 is 0 Å². The number of carbonyl (C=O) groups is 1. The van der Waals surface area contributed by atoms with Gasteiger partial charge in [0.15, 0.2) is 0 Å². The number of hydrogen-bond acceptors (Lipinski definition) is 2. The lowest BCUT2D eigenvalue weighted by atomic mass is 10.1. The second kappa shape index (κ2) is 7.89. The molecule has 0 fully saturated rings. The third kappa shape index (κ3) is 5.27. The molecule has 0 aliphatic rings. The number of hydrogen-bond donors (Lipinski definition) is 1. The van der Waals surface area contributed by atoms with Crippen LogP contribution in [0.1, 0.15) is 35.3 Å². The highest BCUT2D eigenvalue weighted by atomic mass is 32.2. The molecule has 0 aromatic heterocycles. The standard InChI is InChI=1S/C18H21NOS/c1-14(2)19-18(20)17-10-8-16(9-11-17)13-21-12-15-6-4-3-5-7-15/h3-11,14H,12-13H2,1-2H3,(H,19,20). The fraction of sp³-hybridized carbons (Fsp3) is 0.278. The van der Waals surface area contributed by atoms with Crippen LogP contribution in [0.5, 0.6) is 0 Å². The molecule has 21 heavy (non-hydrogen) atoms. The highest BCUT2D eigenvalue weighted by Gasteiger charge is 2.06. The minimum Gasteiger partial charge on any atom is -0.350 e. The molecule has 1 N–H and O–H groups in total. The van der Waals surface area contributed by atoms with Gasteiger partial charge in [0, 0.05) is 23.1 Å². The Kier molecular flexibility index (Phi) is 5.88. The van der Waals surface area contributed by atoms with Gasteiger partial charge in [0.05, 0.1) is 0 Å². The van der Waals surface area contributed by atoms with E-state index >= 15 is 0 Å². The Bertz CT molecular complexity index is 564. The fourth-order valence-electron chi connectivity index (χ4n) is 1.96.